The zero-order valence-corrected chi connectivity index (χ0v) is 9.09. The standard InChI is InChI=1S/C11H14O2S/c1-2-13-11(12)8-7-9-5-3-4-6-10(9)14/h3-6,14H,2,7-8H2,1H3. The Bertz CT molecular complexity index is 310. The van der Waals surface area contributed by atoms with Crippen molar-refractivity contribution in [2.45, 2.75) is 24.7 Å². The lowest BCUT2D eigenvalue weighted by Gasteiger charge is -2.04. The second-order valence-electron chi connectivity index (χ2n) is 2.93. The lowest BCUT2D eigenvalue weighted by atomic mass is 10.1. The fourth-order valence-electron chi connectivity index (χ4n) is 1.19. The zero-order chi connectivity index (χ0) is 10.4. The van der Waals surface area contributed by atoms with E-state index in [-0.39, 0.29) is 5.97 Å². The van der Waals surface area contributed by atoms with E-state index in [0.717, 1.165) is 10.5 Å². The largest absolute Gasteiger partial charge is 0.466 e. The first-order valence-electron chi connectivity index (χ1n) is 4.66. The van der Waals surface area contributed by atoms with Gasteiger partial charge in [-0.1, -0.05) is 18.2 Å². The van der Waals surface area contributed by atoms with Crippen molar-refractivity contribution in [2.24, 2.45) is 0 Å². The summed E-state index contributed by atoms with van der Waals surface area (Å²) in [6, 6.07) is 7.77. The molecule has 2 nitrogen and oxygen atoms in total. The van der Waals surface area contributed by atoms with Gasteiger partial charge in [-0.15, -0.1) is 12.6 Å². The van der Waals surface area contributed by atoms with Gasteiger partial charge in [-0.05, 0) is 25.0 Å². The lowest BCUT2D eigenvalue weighted by Crippen LogP contribution is -2.05. The summed E-state index contributed by atoms with van der Waals surface area (Å²) in [5, 5.41) is 0. The third kappa shape index (κ3) is 3.42. The van der Waals surface area contributed by atoms with E-state index in [4.69, 9.17) is 4.74 Å². The van der Waals surface area contributed by atoms with E-state index >= 15 is 0 Å². The third-order valence-corrected chi connectivity index (χ3v) is 2.33. The van der Waals surface area contributed by atoms with Crippen LogP contribution in [0.4, 0.5) is 0 Å². The summed E-state index contributed by atoms with van der Waals surface area (Å²) in [6.45, 7) is 2.26. The van der Waals surface area contributed by atoms with E-state index in [0.29, 0.717) is 19.4 Å². The molecule has 0 aromatic heterocycles. The molecule has 0 bridgehead atoms. The highest BCUT2D eigenvalue weighted by molar-refractivity contribution is 7.80. The minimum atomic E-state index is -0.149. The number of hydrogen-bond acceptors (Lipinski definition) is 3. The zero-order valence-electron chi connectivity index (χ0n) is 8.19. The van der Waals surface area contributed by atoms with Crippen LogP contribution in [0.2, 0.25) is 0 Å². The number of rotatable bonds is 4. The molecule has 1 aromatic rings. The molecule has 0 saturated carbocycles. The Morgan fingerprint density at radius 1 is 1.43 bits per heavy atom. The highest BCUT2D eigenvalue weighted by Crippen LogP contribution is 2.14. The van der Waals surface area contributed by atoms with Gasteiger partial charge in [-0.3, -0.25) is 4.79 Å². The number of carbonyl (C=O) groups excluding carboxylic acids is 1. The summed E-state index contributed by atoms with van der Waals surface area (Å²) in [5.41, 5.74) is 1.09. The van der Waals surface area contributed by atoms with Gasteiger partial charge in [0.05, 0.1) is 6.61 Å². The van der Waals surface area contributed by atoms with Crippen LogP contribution in [-0.2, 0) is 16.0 Å². The number of aryl methyl sites for hydroxylation is 1. The van der Waals surface area contributed by atoms with Crippen molar-refractivity contribution < 1.29 is 9.53 Å². The van der Waals surface area contributed by atoms with Gasteiger partial charge < -0.3 is 4.74 Å². The molecular formula is C11H14O2S. The Labute approximate surface area is 89.7 Å². The second-order valence-corrected chi connectivity index (χ2v) is 3.42. The number of benzene rings is 1. The smallest absolute Gasteiger partial charge is 0.306 e. The molecule has 0 aliphatic carbocycles. The highest BCUT2D eigenvalue weighted by atomic mass is 32.1. The van der Waals surface area contributed by atoms with Crippen molar-refractivity contribution in [3.8, 4) is 0 Å². The summed E-state index contributed by atoms with van der Waals surface area (Å²) in [6.07, 6.45) is 1.11. The maximum atomic E-state index is 11.1. The topological polar surface area (TPSA) is 26.3 Å². The molecular weight excluding hydrogens is 196 g/mol. The normalized spacial score (nSPS) is 9.86. The van der Waals surface area contributed by atoms with Crippen LogP contribution in [-0.4, -0.2) is 12.6 Å². The minimum absolute atomic E-state index is 0.149. The van der Waals surface area contributed by atoms with E-state index < -0.39 is 0 Å². The molecule has 76 valence electrons. The Balaban J connectivity index is 2.46. The molecule has 0 spiro atoms. The fourth-order valence-corrected chi connectivity index (χ4v) is 1.46. The lowest BCUT2D eigenvalue weighted by molar-refractivity contribution is -0.143. The SMILES string of the molecule is CCOC(=O)CCc1ccccc1S. The summed E-state index contributed by atoms with van der Waals surface area (Å²) in [4.78, 5) is 12.0. The summed E-state index contributed by atoms with van der Waals surface area (Å²) in [7, 11) is 0. The number of ether oxygens (including phenoxy) is 1. The molecule has 0 amide bonds. The van der Waals surface area contributed by atoms with Gasteiger partial charge in [-0.2, -0.15) is 0 Å². The van der Waals surface area contributed by atoms with Crippen LogP contribution in [0.1, 0.15) is 18.9 Å². The van der Waals surface area contributed by atoms with Gasteiger partial charge in [0, 0.05) is 11.3 Å². The Kier molecular flexibility index (Phi) is 4.53. The third-order valence-electron chi connectivity index (χ3n) is 1.90. The molecule has 3 heteroatoms. The van der Waals surface area contributed by atoms with Crippen LogP contribution in [0.15, 0.2) is 29.2 Å². The molecule has 1 aromatic carbocycles. The van der Waals surface area contributed by atoms with Crippen LogP contribution in [0.3, 0.4) is 0 Å². The van der Waals surface area contributed by atoms with Crippen LogP contribution in [0.25, 0.3) is 0 Å². The molecule has 14 heavy (non-hydrogen) atoms. The van der Waals surface area contributed by atoms with Gasteiger partial charge in [-0.25, -0.2) is 0 Å². The first kappa shape index (κ1) is 11.1. The van der Waals surface area contributed by atoms with E-state index in [2.05, 4.69) is 12.6 Å². The first-order valence-corrected chi connectivity index (χ1v) is 5.11. The van der Waals surface area contributed by atoms with Gasteiger partial charge in [0.2, 0.25) is 0 Å². The van der Waals surface area contributed by atoms with Crippen molar-refractivity contribution in [1.82, 2.24) is 0 Å². The summed E-state index contributed by atoms with van der Waals surface area (Å²) in [5.74, 6) is -0.149. The maximum Gasteiger partial charge on any atom is 0.306 e. The monoisotopic (exact) mass is 210 g/mol. The molecule has 0 fully saturated rings. The predicted molar refractivity (Wildman–Crippen MR) is 58.6 cm³/mol. The van der Waals surface area contributed by atoms with Crippen LogP contribution in [0.5, 0.6) is 0 Å². The van der Waals surface area contributed by atoms with E-state index in [1.165, 1.54) is 0 Å². The second kappa shape index (κ2) is 5.70. The maximum absolute atomic E-state index is 11.1. The summed E-state index contributed by atoms with van der Waals surface area (Å²) >= 11 is 4.30. The molecule has 0 N–H and O–H groups in total. The van der Waals surface area contributed by atoms with Gasteiger partial charge >= 0.3 is 5.97 Å². The molecule has 0 radical (unpaired) electrons. The Morgan fingerprint density at radius 3 is 2.79 bits per heavy atom. The predicted octanol–water partition coefficient (Wildman–Crippen LogP) is 2.47. The van der Waals surface area contributed by atoms with E-state index in [1.54, 1.807) is 0 Å². The molecule has 0 aliphatic rings. The number of thiol groups is 1. The van der Waals surface area contributed by atoms with Crippen LogP contribution < -0.4 is 0 Å². The molecule has 0 saturated heterocycles. The van der Waals surface area contributed by atoms with Crippen molar-refractivity contribution in [3.63, 3.8) is 0 Å². The van der Waals surface area contributed by atoms with Crippen molar-refractivity contribution in [3.05, 3.63) is 29.8 Å². The van der Waals surface area contributed by atoms with Crippen molar-refractivity contribution >= 4 is 18.6 Å². The molecule has 0 unspecified atom stereocenters. The average molecular weight is 210 g/mol. The van der Waals surface area contributed by atoms with Crippen molar-refractivity contribution in [1.29, 1.82) is 0 Å². The molecule has 0 atom stereocenters. The molecule has 0 aliphatic heterocycles. The van der Waals surface area contributed by atoms with Crippen LogP contribution in [0, 0.1) is 0 Å². The van der Waals surface area contributed by atoms with Crippen LogP contribution >= 0.6 is 12.6 Å². The molecule has 1 rings (SSSR count). The molecule has 0 heterocycles. The van der Waals surface area contributed by atoms with E-state index in [1.807, 2.05) is 31.2 Å². The Hall–Kier alpha value is -0.960. The quantitative estimate of drug-likeness (QED) is 0.610. The van der Waals surface area contributed by atoms with Gasteiger partial charge in [0.15, 0.2) is 0 Å². The number of esters is 1. The fraction of sp³-hybridized carbons (Fsp3) is 0.364. The Morgan fingerprint density at radius 2 is 2.14 bits per heavy atom. The number of hydrogen-bond donors (Lipinski definition) is 1. The minimum Gasteiger partial charge on any atom is -0.466 e. The van der Waals surface area contributed by atoms with E-state index in [9.17, 15) is 4.79 Å². The summed E-state index contributed by atoms with van der Waals surface area (Å²) < 4.78 is 4.84. The van der Waals surface area contributed by atoms with Gasteiger partial charge in [0.1, 0.15) is 0 Å². The van der Waals surface area contributed by atoms with Crippen molar-refractivity contribution in [2.75, 3.05) is 6.61 Å². The highest BCUT2D eigenvalue weighted by Gasteiger charge is 2.03. The average Bonchev–Trinajstić information content (AvgIpc) is 2.17. The van der Waals surface area contributed by atoms with Gasteiger partial charge in [0.25, 0.3) is 0 Å². The number of carbonyl (C=O) groups is 1. The first-order chi connectivity index (χ1) is 6.74.